The maximum absolute atomic E-state index is 13.4. The maximum Gasteiger partial charge on any atom is 0.243 e. The highest BCUT2D eigenvalue weighted by Gasteiger charge is 2.29. The van der Waals surface area contributed by atoms with Crippen LogP contribution in [0.2, 0.25) is 5.02 Å². The van der Waals surface area contributed by atoms with Crippen molar-refractivity contribution in [3.8, 4) is 5.75 Å². The lowest BCUT2D eigenvalue weighted by molar-refractivity contribution is -0.132. The molecule has 0 spiro atoms. The molecular formula is C21H26ClN3O4S. The molecule has 2 aromatic rings. The molecule has 1 N–H and O–H groups in total. The summed E-state index contributed by atoms with van der Waals surface area (Å²) in [6.07, 6.45) is 0. The van der Waals surface area contributed by atoms with Crippen LogP contribution in [0.5, 0.6) is 5.75 Å². The number of piperazine rings is 1. The Morgan fingerprint density at radius 1 is 1.13 bits per heavy atom. The van der Waals surface area contributed by atoms with Crippen LogP contribution in [-0.4, -0.2) is 62.9 Å². The van der Waals surface area contributed by atoms with Crippen molar-refractivity contribution in [2.75, 3.05) is 39.3 Å². The molecule has 0 bridgehead atoms. The number of halogens is 1. The van der Waals surface area contributed by atoms with Gasteiger partial charge in [0.25, 0.3) is 0 Å². The van der Waals surface area contributed by atoms with E-state index in [9.17, 15) is 13.2 Å². The summed E-state index contributed by atoms with van der Waals surface area (Å²) in [5.74, 6) is 0.365. The van der Waals surface area contributed by atoms with Gasteiger partial charge in [0.1, 0.15) is 5.75 Å². The maximum atomic E-state index is 13.4. The monoisotopic (exact) mass is 451 g/mol. The van der Waals surface area contributed by atoms with Crippen molar-refractivity contribution in [1.82, 2.24) is 14.5 Å². The van der Waals surface area contributed by atoms with Gasteiger partial charge in [-0.05, 0) is 42.8 Å². The Bertz CT molecular complexity index is 960. The molecule has 0 aromatic heterocycles. The molecule has 1 heterocycles. The lowest BCUT2D eigenvalue weighted by Crippen LogP contribution is -2.50. The topological polar surface area (TPSA) is 79.0 Å². The molecule has 9 heteroatoms. The molecule has 2 aromatic carbocycles. The summed E-state index contributed by atoms with van der Waals surface area (Å²) < 4.78 is 33.4. The number of carbonyl (C=O) groups excluding carboxylic acids is 1. The predicted octanol–water partition coefficient (Wildman–Crippen LogP) is 2.36. The number of rotatable bonds is 8. The van der Waals surface area contributed by atoms with E-state index in [-0.39, 0.29) is 23.9 Å². The van der Waals surface area contributed by atoms with E-state index < -0.39 is 10.0 Å². The Morgan fingerprint density at radius 3 is 2.43 bits per heavy atom. The number of sulfonamides is 1. The molecule has 0 saturated carbocycles. The molecule has 0 atom stereocenters. The Morgan fingerprint density at radius 2 is 1.80 bits per heavy atom. The minimum absolute atomic E-state index is 0.00699. The molecule has 1 fully saturated rings. The first kappa shape index (κ1) is 22.6. The van der Waals surface area contributed by atoms with Crippen LogP contribution in [0.1, 0.15) is 12.5 Å². The zero-order valence-electron chi connectivity index (χ0n) is 16.9. The lowest BCUT2D eigenvalue weighted by Gasteiger charge is -2.30. The second-order valence-corrected chi connectivity index (χ2v) is 9.24. The van der Waals surface area contributed by atoms with E-state index >= 15 is 0 Å². The first-order valence-corrected chi connectivity index (χ1v) is 11.7. The van der Waals surface area contributed by atoms with E-state index in [1.807, 2.05) is 6.92 Å². The molecule has 7 nitrogen and oxygen atoms in total. The first-order valence-electron chi connectivity index (χ1n) is 9.86. The van der Waals surface area contributed by atoms with Gasteiger partial charge in [-0.3, -0.25) is 4.79 Å². The summed E-state index contributed by atoms with van der Waals surface area (Å²) in [5.41, 5.74) is 0.641. The van der Waals surface area contributed by atoms with Gasteiger partial charge in [-0.15, -0.1) is 0 Å². The van der Waals surface area contributed by atoms with Crippen molar-refractivity contribution in [3.63, 3.8) is 0 Å². The average Bonchev–Trinajstić information content (AvgIpc) is 2.76. The van der Waals surface area contributed by atoms with Gasteiger partial charge in [0, 0.05) is 37.7 Å². The van der Waals surface area contributed by atoms with E-state index in [1.165, 1.54) is 16.4 Å². The molecule has 1 saturated heterocycles. The number of hydrogen-bond donors (Lipinski definition) is 1. The van der Waals surface area contributed by atoms with E-state index in [0.29, 0.717) is 49.1 Å². The molecule has 3 rings (SSSR count). The molecule has 1 aliphatic heterocycles. The molecule has 0 unspecified atom stereocenters. The minimum atomic E-state index is -3.93. The smallest absolute Gasteiger partial charge is 0.243 e. The van der Waals surface area contributed by atoms with Gasteiger partial charge in [0.15, 0.2) is 0 Å². The number of ether oxygens (including phenoxy) is 1. The number of carbonyl (C=O) groups is 1. The van der Waals surface area contributed by atoms with Crippen molar-refractivity contribution in [1.29, 1.82) is 0 Å². The van der Waals surface area contributed by atoms with Crippen LogP contribution in [0.25, 0.3) is 0 Å². The third-order valence-corrected chi connectivity index (χ3v) is 7.03. The highest BCUT2D eigenvalue weighted by atomic mass is 35.5. The number of amides is 1. The fourth-order valence-corrected chi connectivity index (χ4v) is 4.79. The molecule has 1 aliphatic rings. The van der Waals surface area contributed by atoms with Crippen LogP contribution < -0.4 is 10.1 Å². The molecule has 1 amide bonds. The van der Waals surface area contributed by atoms with Crippen LogP contribution in [0, 0.1) is 0 Å². The lowest BCUT2D eigenvalue weighted by atomic mass is 10.2. The third-order valence-electron chi connectivity index (χ3n) is 4.86. The summed E-state index contributed by atoms with van der Waals surface area (Å²) in [4.78, 5) is 14.6. The van der Waals surface area contributed by atoms with Gasteiger partial charge in [-0.2, -0.15) is 4.31 Å². The fraction of sp³-hybridized carbons (Fsp3) is 0.381. The third kappa shape index (κ3) is 5.51. The van der Waals surface area contributed by atoms with Gasteiger partial charge < -0.3 is 15.0 Å². The van der Waals surface area contributed by atoms with Crippen LogP contribution in [0.15, 0.2) is 53.4 Å². The van der Waals surface area contributed by atoms with E-state index in [4.69, 9.17) is 16.3 Å². The highest BCUT2D eigenvalue weighted by molar-refractivity contribution is 7.89. The molecule has 30 heavy (non-hydrogen) atoms. The summed E-state index contributed by atoms with van der Waals surface area (Å²) in [6.45, 7) is 4.61. The number of benzene rings is 2. The number of nitrogens with zero attached hydrogens (tertiary/aromatic N) is 2. The summed E-state index contributed by atoms with van der Waals surface area (Å²) in [7, 11) is -3.93. The quantitative estimate of drug-likeness (QED) is 0.666. The van der Waals surface area contributed by atoms with Crippen LogP contribution in [0.3, 0.4) is 0 Å². The molecule has 0 radical (unpaired) electrons. The zero-order valence-corrected chi connectivity index (χ0v) is 18.5. The number of hydrogen-bond acceptors (Lipinski definition) is 5. The number of nitrogens with one attached hydrogen (secondary N) is 1. The first-order chi connectivity index (χ1) is 14.4. The van der Waals surface area contributed by atoms with E-state index in [2.05, 4.69) is 5.32 Å². The predicted molar refractivity (Wildman–Crippen MR) is 116 cm³/mol. The molecule has 0 aliphatic carbocycles. The van der Waals surface area contributed by atoms with Crippen LogP contribution >= 0.6 is 11.6 Å². The highest BCUT2D eigenvalue weighted by Crippen LogP contribution is 2.24. The molecule has 162 valence electrons. The van der Waals surface area contributed by atoms with Crippen LogP contribution in [0.4, 0.5) is 0 Å². The van der Waals surface area contributed by atoms with Crippen molar-refractivity contribution < 1.29 is 17.9 Å². The average molecular weight is 452 g/mol. The fourth-order valence-electron chi connectivity index (χ4n) is 3.23. The SMILES string of the molecule is CCOc1ccc(S(=O)(=O)N(CC(=O)N2CCNCC2)Cc2ccccc2Cl)cc1. The minimum Gasteiger partial charge on any atom is -0.494 e. The van der Waals surface area contributed by atoms with E-state index in [0.717, 1.165) is 0 Å². The van der Waals surface area contributed by atoms with Gasteiger partial charge in [-0.1, -0.05) is 29.8 Å². The van der Waals surface area contributed by atoms with Crippen molar-refractivity contribution >= 4 is 27.5 Å². The van der Waals surface area contributed by atoms with E-state index in [1.54, 1.807) is 41.3 Å². The second kappa shape index (κ2) is 10.3. The summed E-state index contributed by atoms with van der Waals surface area (Å²) in [5, 5.41) is 3.64. The Hall–Kier alpha value is -2.13. The Labute approximate surface area is 182 Å². The summed E-state index contributed by atoms with van der Waals surface area (Å²) >= 11 is 6.26. The van der Waals surface area contributed by atoms with Crippen LogP contribution in [-0.2, 0) is 21.4 Å². The summed E-state index contributed by atoms with van der Waals surface area (Å²) in [6, 6.07) is 13.3. The Kier molecular flexibility index (Phi) is 7.71. The van der Waals surface area contributed by atoms with Crippen molar-refractivity contribution in [2.45, 2.75) is 18.4 Å². The normalized spacial score (nSPS) is 14.7. The van der Waals surface area contributed by atoms with Crippen molar-refractivity contribution in [2.24, 2.45) is 0 Å². The zero-order chi connectivity index (χ0) is 21.6. The van der Waals surface area contributed by atoms with Gasteiger partial charge in [0.2, 0.25) is 15.9 Å². The largest absolute Gasteiger partial charge is 0.494 e. The Balaban J connectivity index is 1.88. The van der Waals surface area contributed by atoms with Crippen molar-refractivity contribution in [3.05, 3.63) is 59.1 Å². The molecular weight excluding hydrogens is 426 g/mol. The second-order valence-electron chi connectivity index (χ2n) is 6.90. The van der Waals surface area contributed by atoms with Gasteiger partial charge in [-0.25, -0.2) is 8.42 Å². The standard InChI is InChI=1S/C21H26ClN3O4S/c1-2-29-18-7-9-19(10-8-18)30(27,28)25(15-17-5-3-4-6-20(17)22)16-21(26)24-13-11-23-12-14-24/h3-10,23H,2,11-16H2,1H3. The van der Waals surface area contributed by atoms with Gasteiger partial charge >= 0.3 is 0 Å². The van der Waals surface area contributed by atoms with Gasteiger partial charge in [0.05, 0.1) is 18.0 Å².